The number of hydrogen-bond donors (Lipinski definition) is 0. The van der Waals surface area contributed by atoms with Crippen LogP contribution >= 0.6 is 0 Å². The quantitative estimate of drug-likeness (QED) is 0.366. The summed E-state index contributed by atoms with van der Waals surface area (Å²) < 4.78 is 4.36. The minimum absolute atomic E-state index is 0. The number of ether oxygens (including phenoxy) is 1. The van der Waals surface area contributed by atoms with Crippen LogP contribution in [0, 0.1) is 0 Å². The van der Waals surface area contributed by atoms with Crippen molar-refractivity contribution in [2.24, 2.45) is 0 Å². The van der Waals surface area contributed by atoms with Crippen molar-refractivity contribution in [1.82, 2.24) is 0 Å². The average Bonchev–Trinajstić information content (AvgIpc) is 1.41. The molecule has 0 unspecified atom stereocenters. The Kier molecular flexibility index (Phi) is 35.2. The third-order valence-electron chi connectivity index (χ3n) is 0.192. The molecule has 0 aliphatic rings. The van der Waals surface area contributed by atoms with Crippen LogP contribution in [0.4, 0.5) is 0 Å². The first-order chi connectivity index (χ1) is 2.41. The van der Waals surface area contributed by atoms with E-state index in [1.807, 2.05) is 0 Å². The minimum atomic E-state index is 0. The summed E-state index contributed by atoms with van der Waals surface area (Å²) in [7, 11) is 0. The second-order valence-corrected chi connectivity index (χ2v) is 0.469. The van der Waals surface area contributed by atoms with E-state index in [2.05, 4.69) is 17.9 Å². The van der Waals surface area contributed by atoms with Crippen molar-refractivity contribution in [2.45, 2.75) is 0 Å². The van der Waals surface area contributed by atoms with E-state index in [0.29, 0.717) is 0 Å². The summed E-state index contributed by atoms with van der Waals surface area (Å²) in [6.07, 6.45) is 2.62. The van der Waals surface area contributed by atoms with Gasteiger partial charge in [0.05, 0.1) is 12.5 Å². The molecule has 0 aromatic rings. The molecule has 0 bridgehead atoms. The molecule has 0 spiro atoms. The molecule has 32 valence electrons. The zero-order chi connectivity index (χ0) is 4.12. The van der Waals surface area contributed by atoms with Crippen molar-refractivity contribution >= 4 is 59.1 Å². The Morgan fingerprint density at radius 3 is 1.29 bits per heavy atom. The van der Waals surface area contributed by atoms with Crippen LogP contribution < -0.4 is 0 Å². The van der Waals surface area contributed by atoms with Gasteiger partial charge >= 0.3 is 59.1 Å². The zero-order valence-electron chi connectivity index (χ0n) is 2.98. The molecular weight excluding hydrogens is 110 g/mol. The summed E-state index contributed by atoms with van der Waals surface area (Å²) in [5.41, 5.74) is 0. The van der Waals surface area contributed by atoms with Crippen molar-refractivity contribution in [3.05, 3.63) is 25.7 Å². The van der Waals surface area contributed by atoms with Gasteiger partial charge in [-0.05, 0) is 0 Å². The Balaban J connectivity index is -0.0000000800. The maximum absolute atomic E-state index is 4.36. The third-order valence-corrected chi connectivity index (χ3v) is 0.192. The van der Waals surface area contributed by atoms with Crippen LogP contribution in [-0.4, -0.2) is 59.1 Å². The molecule has 0 aromatic carbocycles. The molecule has 0 radical (unpaired) electrons. The fourth-order valence-corrected chi connectivity index (χ4v) is 0.0680. The Hall–Kier alpha value is 1.28. The normalized spacial score (nSPS) is 4.00. The Labute approximate surface area is 88.4 Å². The van der Waals surface area contributed by atoms with E-state index in [-0.39, 0.29) is 59.1 Å². The van der Waals surface area contributed by atoms with Gasteiger partial charge in [-0.3, -0.25) is 0 Å². The summed E-state index contributed by atoms with van der Waals surface area (Å²) in [6.45, 7) is 6.51. The molecule has 0 aromatic heterocycles. The van der Waals surface area contributed by atoms with Crippen molar-refractivity contribution in [1.29, 1.82) is 0 Å². The zero-order valence-corrected chi connectivity index (χ0v) is 2.98. The van der Waals surface area contributed by atoms with Crippen LogP contribution in [0.25, 0.3) is 0 Å². The first-order valence-corrected chi connectivity index (χ1v) is 1.29. The molecule has 1 nitrogen and oxygen atoms in total. The van der Waals surface area contributed by atoms with Gasteiger partial charge in [0.15, 0.2) is 0 Å². The fourth-order valence-electron chi connectivity index (χ4n) is 0.0680. The van der Waals surface area contributed by atoms with Crippen LogP contribution in [0.5, 0.6) is 0 Å². The Morgan fingerprint density at radius 2 is 1.29 bits per heavy atom. The molecule has 0 atom stereocenters. The van der Waals surface area contributed by atoms with Crippen LogP contribution in [0.15, 0.2) is 25.7 Å². The SMILES string of the molecule is C=COC=C.[NaH].[NaH]. The van der Waals surface area contributed by atoms with Crippen LogP contribution in [-0.2, 0) is 4.74 Å². The van der Waals surface area contributed by atoms with Gasteiger partial charge < -0.3 is 4.74 Å². The maximum atomic E-state index is 4.36. The third kappa shape index (κ3) is 18.9. The molecule has 0 heterocycles. The number of rotatable bonds is 2. The molecule has 0 N–H and O–H groups in total. The second kappa shape index (κ2) is 15.7. The summed E-state index contributed by atoms with van der Waals surface area (Å²) in [4.78, 5) is 0. The van der Waals surface area contributed by atoms with Crippen LogP contribution in [0.3, 0.4) is 0 Å². The summed E-state index contributed by atoms with van der Waals surface area (Å²) in [6, 6.07) is 0. The van der Waals surface area contributed by atoms with E-state index in [1.54, 1.807) is 0 Å². The van der Waals surface area contributed by atoms with Crippen molar-refractivity contribution in [3.8, 4) is 0 Å². The predicted molar refractivity (Wildman–Crippen MR) is 35.8 cm³/mol. The van der Waals surface area contributed by atoms with E-state index in [4.69, 9.17) is 0 Å². The van der Waals surface area contributed by atoms with E-state index in [0.717, 1.165) is 0 Å². The molecule has 0 aliphatic heterocycles. The van der Waals surface area contributed by atoms with E-state index >= 15 is 0 Å². The standard InChI is InChI=1S/C4H6O.2Na.2H/c1-3-5-4-2;;;;/h3-4H,1-2H2;;;;. The Morgan fingerprint density at radius 1 is 1.00 bits per heavy atom. The molecular formula is C4H8Na2O. The van der Waals surface area contributed by atoms with Crippen molar-refractivity contribution < 1.29 is 4.74 Å². The molecule has 3 heteroatoms. The van der Waals surface area contributed by atoms with Crippen molar-refractivity contribution in [2.75, 3.05) is 0 Å². The Bertz CT molecular complexity index is 39.0. The van der Waals surface area contributed by atoms with E-state index in [1.165, 1.54) is 12.5 Å². The van der Waals surface area contributed by atoms with Crippen molar-refractivity contribution in [3.63, 3.8) is 0 Å². The van der Waals surface area contributed by atoms with Crippen LogP contribution in [0.2, 0.25) is 0 Å². The molecule has 0 rings (SSSR count). The second-order valence-electron chi connectivity index (χ2n) is 0.469. The van der Waals surface area contributed by atoms with Gasteiger partial charge in [-0.1, -0.05) is 13.2 Å². The molecule has 0 aliphatic carbocycles. The van der Waals surface area contributed by atoms with E-state index < -0.39 is 0 Å². The first kappa shape index (κ1) is 15.7. The molecule has 7 heavy (non-hydrogen) atoms. The van der Waals surface area contributed by atoms with E-state index in [9.17, 15) is 0 Å². The van der Waals surface area contributed by atoms with Gasteiger partial charge in [-0.2, -0.15) is 0 Å². The van der Waals surface area contributed by atoms with Gasteiger partial charge in [0.2, 0.25) is 0 Å². The monoisotopic (exact) mass is 118 g/mol. The number of hydrogen-bond acceptors (Lipinski definition) is 1. The predicted octanol–water partition coefficient (Wildman–Crippen LogP) is -0.00700. The first-order valence-electron chi connectivity index (χ1n) is 1.29. The van der Waals surface area contributed by atoms with Gasteiger partial charge in [0.25, 0.3) is 0 Å². The van der Waals surface area contributed by atoms with Crippen LogP contribution in [0.1, 0.15) is 0 Å². The van der Waals surface area contributed by atoms with Gasteiger partial charge in [0, 0.05) is 0 Å². The average molecular weight is 118 g/mol. The molecule has 0 fully saturated rings. The summed E-state index contributed by atoms with van der Waals surface area (Å²) in [5.74, 6) is 0. The van der Waals surface area contributed by atoms with Gasteiger partial charge in [-0.25, -0.2) is 0 Å². The molecule has 0 saturated carbocycles. The molecule has 0 amide bonds. The van der Waals surface area contributed by atoms with Gasteiger partial charge in [0.1, 0.15) is 0 Å². The summed E-state index contributed by atoms with van der Waals surface area (Å²) in [5, 5.41) is 0. The summed E-state index contributed by atoms with van der Waals surface area (Å²) >= 11 is 0. The fraction of sp³-hybridized carbons (Fsp3) is 0. The molecule has 0 saturated heterocycles. The van der Waals surface area contributed by atoms with Gasteiger partial charge in [-0.15, -0.1) is 0 Å². The topological polar surface area (TPSA) is 9.23 Å².